The number of amides is 1. The molecule has 1 aromatic heterocycles. The maximum absolute atomic E-state index is 12.9. The SMILES string of the molecule is O=C(Cn1cc([N+](=O)[O-])ccc1=O)N(C1CCCC1)[C@@H]1CCS(=O)(=O)C1. The fourth-order valence-electron chi connectivity index (χ4n) is 3.86. The summed E-state index contributed by atoms with van der Waals surface area (Å²) in [5, 5.41) is 10.9. The summed E-state index contributed by atoms with van der Waals surface area (Å²) in [6.07, 6.45) is 5.03. The highest BCUT2D eigenvalue weighted by Gasteiger charge is 2.39. The van der Waals surface area contributed by atoms with Gasteiger partial charge in [-0.05, 0) is 19.3 Å². The van der Waals surface area contributed by atoms with E-state index in [-0.39, 0.29) is 41.7 Å². The highest BCUT2D eigenvalue weighted by molar-refractivity contribution is 7.91. The van der Waals surface area contributed by atoms with Crippen LogP contribution in [0, 0.1) is 10.1 Å². The number of carbonyl (C=O) groups is 1. The van der Waals surface area contributed by atoms with E-state index >= 15 is 0 Å². The van der Waals surface area contributed by atoms with Gasteiger partial charge in [-0.2, -0.15) is 0 Å². The number of hydrogen-bond acceptors (Lipinski definition) is 6. The second-order valence-corrected chi connectivity index (χ2v) is 9.14. The van der Waals surface area contributed by atoms with Gasteiger partial charge < -0.3 is 4.90 Å². The van der Waals surface area contributed by atoms with Crippen LogP contribution in [0.4, 0.5) is 5.69 Å². The first kappa shape index (κ1) is 18.6. The summed E-state index contributed by atoms with van der Waals surface area (Å²) < 4.78 is 24.7. The molecule has 1 saturated heterocycles. The predicted octanol–water partition coefficient (Wildman–Crippen LogP) is 0.715. The number of hydrogen-bond donors (Lipinski definition) is 0. The molecule has 1 saturated carbocycles. The zero-order valence-electron chi connectivity index (χ0n) is 14.2. The van der Waals surface area contributed by atoms with Gasteiger partial charge in [0.1, 0.15) is 6.54 Å². The maximum atomic E-state index is 12.9. The van der Waals surface area contributed by atoms with Crippen LogP contribution in [0.2, 0.25) is 0 Å². The van der Waals surface area contributed by atoms with Crippen molar-refractivity contribution in [3.05, 3.63) is 38.8 Å². The van der Waals surface area contributed by atoms with E-state index in [0.29, 0.717) is 6.42 Å². The molecule has 142 valence electrons. The van der Waals surface area contributed by atoms with Crippen molar-refractivity contribution in [3.8, 4) is 0 Å². The molecule has 1 aromatic rings. The lowest BCUT2D eigenvalue weighted by Crippen LogP contribution is -2.48. The van der Waals surface area contributed by atoms with Gasteiger partial charge in [-0.1, -0.05) is 12.8 Å². The predicted molar refractivity (Wildman–Crippen MR) is 93.5 cm³/mol. The van der Waals surface area contributed by atoms with Crippen LogP contribution < -0.4 is 5.56 Å². The first-order valence-corrected chi connectivity index (χ1v) is 10.5. The fraction of sp³-hybridized carbons (Fsp3) is 0.625. The van der Waals surface area contributed by atoms with Crippen LogP contribution in [-0.2, 0) is 21.2 Å². The van der Waals surface area contributed by atoms with E-state index in [9.17, 15) is 28.1 Å². The lowest BCUT2D eigenvalue weighted by Gasteiger charge is -2.34. The fourth-order valence-corrected chi connectivity index (χ4v) is 5.57. The Morgan fingerprint density at radius 3 is 2.50 bits per heavy atom. The Labute approximate surface area is 150 Å². The van der Waals surface area contributed by atoms with Gasteiger partial charge in [0.15, 0.2) is 9.84 Å². The number of nitrogens with zero attached hydrogens (tertiary/aromatic N) is 3. The quantitative estimate of drug-likeness (QED) is 0.546. The van der Waals surface area contributed by atoms with Crippen molar-refractivity contribution in [2.24, 2.45) is 0 Å². The number of pyridine rings is 1. The summed E-state index contributed by atoms with van der Waals surface area (Å²) >= 11 is 0. The molecule has 2 fully saturated rings. The standard InChI is InChI=1S/C16H21N3O6S/c20-15-6-5-13(19(22)23)9-17(15)10-16(21)18(12-3-1-2-4-12)14-7-8-26(24,25)11-14/h5-6,9,12,14H,1-4,7-8,10-11H2/t14-/m1/s1. The van der Waals surface area contributed by atoms with Crippen molar-refractivity contribution < 1.29 is 18.1 Å². The van der Waals surface area contributed by atoms with Gasteiger partial charge in [0, 0.05) is 24.2 Å². The number of nitro groups is 1. The highest BCUT2D eigenvalue weighted by Crippen LogP contribution is 2.29. The summed E-state index contributed by atoms with van der Waals surface area (Å²) in [5.41, 5.74) is -0.775. The Hall–Kier alpha value is -2.23. The summed E-state index contributed by atoms with van der Waals surface area (Å²) in [6.45, 7) is -0.326. The zero-order chi connectivity index (χ0) is 18.9. The number of rotatable bonds is 5. The molecule has 0 bridgehead atoms. The maximum Gasteiger partial charge on any atom is 0.285 e. The van der Waals surface area contributed by atoms with Crippen LogP contribution in [0.5, 0.6) is 0 Å². The average molecular weight is 383 g/mol. The minimum atomic E-state index is -3.15. The first-order valence-electron chi connectivity index (χ1n) is 8.63. The van der Waals surface area contributed by atoms with Crippen LogP contribution in [0.15, 0.2) is 23.1 Å². The molecule has 3 rings (SSSR count). The molecule has 0 spiro atoms. The Balaban J connectivity index is 1.85. The molecule has 1 atom stereocenters. The summed E-state index contributed by atoms with van der Waals surface area (Å²) in [7, 11) is -3.15. The minimum Gasteiger partial charge on any atom is -0.334 e. The summed E-state index contributed by atoms with van der Waals surface area (Å²) in [4.78, 5) is 36.8. The normalized spacial score (nSPS) is 22.4. The van der Waals surface area contributed by atoms with E-state index in [2.05, 4.69) is 0 Å². The largest absolute Gasteiger partial charge is 0.334 e. The molecule has 0 aromatic carbocycles. The molecule has 10 heteroatoms. The summed E-state index contributed by atoms with van der Waals surface area (Å²) in [6, 6.07) is 1.74. The van der Waals surface area contributed by atoms with Gasteiger partial charge in [-0.15, -0.1) is 0 Å². The monoisotopic (exact) mass is 383 g/mol. The first-order chi connectivity index (χ1) is 12.3. The van der Waals surface area contributed by atoms with Crippen molar-refractivity contribution in [1.82, 2.24) is 9.47 Å². The van der Waals surface area contributed by atoms with Gasteiger partial charge in [0.05, 0.1) is 22.6 Å². The van der Waals surface area contributed by atoms with E-state index in [1.807, 2.05) is 0 Å². The Morgan fingerprint density at radius 2 is 1.92 bits per heavy atom. The molecular weight excluding hydrogens is 362 g/mol. The zero-order valence-corrected chi connectivity index (χ0v) is 15.1. The molecule has 2 aliphatic rings. The topological polar surface area (TPSA) is 120 Å². The third-order valence-corrected chi connectivity index (χ3v) is 6.84. The highest BCUT2D eigenvalue weighted by atomic mass is 32.2. The van der Waals surface area contributed by atoms with E-state index in [0.717, 1.165) is 48.6 Å². The molecule has 1 aliphatic heterocycles. The van der Waals surface area contributed by atoms with Crippen LogP contribution >= 0.6 is 0 Å². The van der Waals surface area contributed by atoms with Gasteiger partial charge in [0.2, 0.25) is 5.91 Å². The van der Waals surface area contributed by atoms with Gasteiger partial charge in [-0.25, -0.2) is 8.42 Å². The molecule has 2 heterocycles. The van der Waals surface area contributed by atoms with Gasteiger partial charge >= 0.3 is 0 Å². The van der Waals surface area contributed by atoms with Crippen LogP contribution in [0.3, 0.4) is 0 Å². The molecule has 1 amide bonds. The van der Waals surface area contributed by atoms with Crippen LogP contribution in [0.25, 0.3) is 0 Å². The minimum absolute atomic E-state index is 0.0322. The molecule has 26 heavy (non-hydrogen) atoms. The second-order valence-electron chi connectivity index (χ2n) is 6.91. The van der Waals surface area contributed by atoms with Crippen LogP contribution in [0.1, 0.15) is 32.1 Å². The molecule has 1 aliphatic carbocycles. The van der Waals surface area contributed by atoms with E-state index < -0.39 is 20.3 Å². The Kier molecular flexibility index (Phi) is 5.12. The summed E-state index contributed by atoms with van der Waals surface area (Å²) in [5.74, 6) is -0.356. The van der Waals surface area contributed by atoms with Gasteiger partial charge in [0.25, 0.3) is 11.2 Å². The van der Waals surface area contributed by atoms with Crippen molar-refractivity contribution in [1.29, 1.82) is 0 Å². The van der Waals surface area contributed by atoms with Crippen molar-refractivity contribution in [2.45, 2.75) is 50.7 Å². The van der Waals surface area contributed by atoms with Gasteiger partial charge in [-0.3, -0.25) is 24.3 Å². The van der Waals surface area contributed by atoms with E-state index in [1.165, 1.54) is 0 Å². The van der Waals surface area contributed by atoms with E-state index in [4.69, 9.17) is 0 Å². The van der Waals surface area contributed by atoms with Crippen molar-refractivity contribution in [2.75, 3.05) is 11.5 Å². The lowest BCUT2D eigenvalue weighted by molar-refractivity contribution is -0.385. The number of aromatic nitrogens is 1. The number of carbonyl (C=O) groups excluding carboxylic acids is 1. The lowest BCUT2D eigenvalue weighted by atomic mass is 10.1. The second kappa shape index (κ2) is 7.18. The Morgan fingerprint density at radius 1 is 1.23 bits per heavy atom. The van der Waals surface area contributed by atoms with Crippen molar-refractivity contribution in [3.63, 3.8) is 0 Å². The number of sulfone groups is 1. The molecule has 9 nitrogen and oxygen atoms in total. The van der Waals surface area contributed by atoms with E-state index in [1.54, 1.807) is 4.90 Å². The van der Waals surface area contributed by atoms with Crippen LogP contribution in [-0.4, -0.2) is 52.3 Å². The smallest absolute Gasteiger partial charge is 0.285 e. The molecule has 0 unspecified atom stereocenters. The molecule has 0 radical (unpaired) electrons. The Bertz CT molecular complexity index is 872. The third-order valence-electron chi connectivity index (χ3n) is 5.09. The van der Waals surface area contributed by atoms with Crippen molar-refractivity contribution >= 4 is 21.4 Å². The molecule has 0 N–H and O–H groups in total. The molecular formula is C16H21N3O6S. The average Bonchev–Trinajstić information content (AvgIpc) is 3.20. The third kappa shape index (κ3) is 3.95.